The van der Waals surface area contributed by atoms with Crippen LogP contribution in [0.2, 0.25) is 0 Å². The average Bonchev–Trinajstić information content (AvgIpc) is 3.02. The molecule has 26 heavy (non-hydrogen) atoms. The number of hydrogen-bond acceptors (Lipinski definition) is 3. The van der Waals surface area contributed by atoms with E-state index in [0.717, 1.165) is 39.8 Å². The molecular weight excluding hydrogens is 326 g/mol. The fourth-order valence-electron chi connectivity index (χ4n) is 4.36. The van der Waals surface area contributed by atoms with E-state index in [1.165, 1.54) is 0 Å². The molecule has 3 aromatic carbocycles. The molecular formula is C22H19NO3. The molecule has 1 fully saturated rings. The van der Waals surface area contributed by atoms with Crippen LogP contribution in [0.4, 0.5) is 0 Å². The normalized spacial score (nSPS) is 23.7. The van der Waals surface area contributed by atoms with E-state index < -0.39 is 5.72 Å². The van der Waals surface area contributed by atoms with Gasteiger partial charge in [0.25, 0.3) is 0 Å². The number of piperidine rings is 1. The maximum Gasteiger partial charge on any atom is 0.223 e. The highest BCUT2D eigenvalue weighted by atomic mass is 16.5. The number of benzene rings is 3. The van der Waals surface area contributed by atoms with Gasteiger partial charge >= 0.3 is 0 Å². The van der Waals surface area contributed by atoms with Crippen LogP contribution >= 0.6 is 0 Å². The maximum atomic E-state index is 12.3. The van der Waals surface area contributed by atoms with Crippen LogP contribution in [-0.4, -0.2) is 13.0 Å². The van der Waals surface area contributed by atoms with Gasteiger partial charge in [-0.1, -0.05) is 54.6 Å². The van der Waals surface area contributed by atoms with E-state index in [-0.39, 0.29) is 11.8 Å². The molecule has 0 bridgehead atoms. The van der Waals surface area contributed by atoms with Gasteiger partial charge in [-0.25, -0.2) is 0 Å². The summed E-state index contributed by atoms with van der Waals surface area (Å²) < 4.78 is 12.2. The van der Waals surface area contributed by atoms with Crippen molar-refractivity contribution in [3.8, 4) is 11.5 Å². The van der Waals surface area contributed by atoms with Gasteiger partial charge < -0.3 is 14.8 Å². The Hall–Kier alpha value is -3.01. The second-order valence-electron chi connectivity index (χ2n) is 6.89. The van der Waals surface area contributed by atoms with Crippen molar-refractivity contribution in [3.63, 3.8) is 0 Å². The smallest absolute Gasteiger partial charge is 0.223 e. The Morgan fingerprint density at radius 1 is 1.08 bits per heavy atom. The summed E-state index contributed by atoms with van der Waals surface area (Å²) in [7, 11) is 1.69. The molecule has 1 saturated heterocycles. The first-order valence-electron chi connectivity index (χ1n) is 8.88. The SMILES string of the molecule is COc1cc2c(c3ccccc13)O[C@]1(c3ccccc3)NC(=O)CC[C@H]21. The van der Waals surface area contributed by atoms with E-state index in [1.807, 2.05) is 48.5 Å². The van der Waals surface area contributed by atoms with Gasteiger partial charge in [0.15, 0.2) is 0 Å². The number of methoxy groups -OCH3 is 1. The number of hydrogen-bond donors (Lipinski definition) is 1. The van der Waals surface area contributed by atoms with Crippen LogP contribution in [0.25, 0.3) is 10.8 Å². The minimum absolute atomic E-state index is 0.0224. The lowest BCUT2D eigenvalue weighted by Gasteiger charge is -2.39. The fraction of sp³-hybridized carbons (Fsp3) is 0.227. The number of ether oxygens (including phenoxy) is 2. The second-order valence-corrected chi connectivity index (χ2v) is 6.89. The van der Waals surface area contributed by atoms with Crippen molar-refractivity contribution in [2.75, 3.05) is 7.11 Å². The van der Waals surface area contributed by atoms with E-state index in [9.17, 15) is 4.79 Å². The molecule has 0 aliphatic carbocycles. The fourth-order valence-corrected chi connectivity index (χ4v) is 4.36. The summed E-state index contributed by atoms with van der Waals surface area (Å²) in [5.74, 6) is 1.76. The molecule has 4 nitrogen and oxygen atoms in total. The second kappa shape index (κ2) is 5.49. The van der Waals surface area contributed by atoms with E-state index in [4.69, 9.17) is 9.47 Å². The lowest BCUT2D eigenvalue weighted by molar-refractivity contribution is -0.132. The van der Waals surface area contributed by atoms with Crippen LogP contribution in [0.1, 0.15) is 29.9 Å². The average molecular weight is 345 g/mol. The molecule has 1 N–H and O–H groups in total. The highest BCUT2D eigenvalue weighted by Gasteiger charge is 2.53. The van der Waals surface area contributed by atoms with Gasteiger partial charge in [-0.2, -0.15) is 0 Å². The van der Waals surface area contributed by atoms with Gasteiger partial charge in [-0.15, -0.1) is 0 Å². The largest absolute Gasteiger partial charge is 0.496 e. The molecule has 0 spiro atoms. The molecule has 3 aromatic rings. The predicted molar refractivity (Wildman–Crippen MR) is 99.4 cm³/mol. The summed E-state index contributed by atoms with van der Waals surface area (Å²) >= 11 is 0. The zero-order valence-corrected chi connectivity index (χ0v) is 14.5. The monoisotopic (exact) mass is 345 g/mol. The third-order valence-corrected chi connectivity index (χ3v) is 5.52. The van der Waals surface area contributed by atoms with E-state index >= 15 is 0 Å². The van der Waals surface area contributed by atoms with E-state index in [0.29, 0.717) is 6.42 Å². The highest BCUT2D eigenvalue weighted by Crippen LogP contribution is 2.56. The summed E-state index contributed by atoms with van der Waals surface area (Å²) in [4.78, 5) is 12.3. The van der Waals surface area contributed by atoms with Crippen LogP contribution in [0.3, 0.4) is 0 Å². The maximum absolute atomic E-state index is 12.3. The molecule has 2 aliphatic heterocycles. The first-order valence-corrected chi connectivity index (χ1v) is 8.88. The molecule has 0 radical (unpaired) electrons. The van der Waals surface area contributed by atoms with Crippen LogP contribution in [0.15, 0.2) is 60.7 Å². The number of fused-ring (bicyclic) bond motifs is 5. The summed E-state index contributed by atoms with van der Waals surface area (Å²) in [6.45, 7) is 0. The molecule has 2 aliphatic rings. The number of nitrogens with one attached hydrogen (secondary N) is 1. The van der Waals surface area contributed by atoms with Gasteiger partial charge in [0.05, 0.1) is 13.0 Å². The minimum atomic E-state index is -0.853. The Labute approximate surface area is 151 Å². The van der Waals surface area contributed by atoms with Crippen LogP contribution < -0.4 is 14.8 Å². The molecule has 5 rings (SSSR count). The van der Waals surface area contributed by atoms with Gasteiger partial charge in [-0.3, -0.25) is 4.79 Å². The van der Waals surface area contributed by atoms with Gasteiger partial charge in [0.2, 0.25) is 11.6 Å². The van der Waals surface area contributed by atoms with Crippen LogP contribution in [0.5, 0.6) is 11.5 Å². The summed E-state index contributed by atoms with van der Waals surface area (Å²) in [6, 6.07) is 20.1. The first-order chi connectivity index (χ1) is 12.7. The standard InChI is InChI=1S/C22H19NO3/c1-25-19-13-17-18-11-12-20(24)23-22(18,14-7-3-2-4-8-14)26-21(17)16-10-6-5-9-15(16)19/h2-10,13,18H,11-12H2,1H3,(H,23,24)/t18-,22+/m1/s1. The molecule has 130 valence electrons. The van der Waals surface area contributed by atoms with Crippen LogP contribution in [0, 0.1) is 0 Å². The van der Waals surface area contributed by atoms with E-state index in [1.54, 1.807) is 7.11 Å². The first kappa shape index (κ1) is 15.3. The van der Waals surface area contributed by atoms with Gasteiger partial charge in [0.1, 0.15) is 11.5 Å². The third-order valence-electron chi connectivity index (χ3n) is 5.52. The van der Waals surface area contributed by atoms with Crippen molar-refractivity contribution in [1.29, 1.82) is 0 Å². The third kappa shape index (κ3) is 1.99. The lowest BCUT2D eigenvalue weighted by Crippen LogP contribution is -2.54. The summed E-state index contributed by atoms with van der Waals surface area (Å²) in [6.07, 6.45) is 1.24. The molecule has 2 atom stereocenters. The summed E-state index contributed by atoms with van der Waals surface area (Å²) in [5, 5.41) is 5.19. The summed E-state index contributed by atoms with van der Waals surface area (Å²) in [5.41, 5.74) is 1.22. The zero-order chi connectivity index (χ0) is 17.7. The Balaban J connectivity index is 1.78. The minimum Gasteiger partial charge on any atom is -0.496 e. The Bertz CT molecular complexity index is 1010. The van der Waals surface area contributed by atoms with Crippen molar-refractivity contribution in [2.45, 2.75) is 24.5 Å². The van der Waals surface area contributed by atoms with Crippen molar-refractivity contribution < 1.29 is 14.3 Å². The zero-order valence-electron chi connectivity index (χ0n) is 14.5. The topological polar surface area (TPSA) is 47.6 Å². The molecule has 0 saturated carbocycles. The highest BCUT2D eigenvalue weighted by molar-refractivity contribution is 5.95. The van der Waals surface area contributed by atoms with Gasteiger partial charge in [0, 0.05) is 28.3 Å². The molecule has 2 heterocycles. The number of carbonyl (C=O) groups is 1. The van der Waals surface area contributed by atoms with Crippen molar-refractivity contribution in [2.24, 2.45) is 0 Å². The van der Waals surface area contributed by atoms with Crippen molar-refractivity contribution >= 4 is 16.7 Å². The van der Waals surface area contributed by atoms with Gasteiger partial charge in [-0.05, 0) is 12.5 Å². The van der Waals surface area contributed by atoms with Crippen molar-refractivity contribution in [3.05, 3.63) is 71.8 Å². The number of amides is 1. The van der Waals surface area contributed by atoms with E-state index in [2.05, 4.69) is 17.4 Å². The quantitative estimate of drug-likeness (QED) is 0.761. The van der Waals surface area contributed by atoms with Crippen LogP contribution in [-0.2, 0) is 10.5 Å². The Morgan fingerprint density at radius 3 is 2.58 bits per heavy atom. The Kier molecular flexibility index (Phi) is 3.23. The molecule has 1 amide bonds. The molecule has 4 heteroatoms. The van der Waals surface area contributed by atoms with Crippen molar-refractivity contribution in [1.82, 2.24) is 5.32 Å². The Morgan fingerprint density at radius 2 is 1.81 bits per heavy atom. The lowest BCUT2D eigenvalue weighted by atomic mass is 9.79. The molecule has 0 unspecified atom stereocenters. The number of carbonyl (C=O) groups excluding carboxylic acids is 1. The number of rotatable bonds is 2. The predicted octanol–water partition coefficient (Wildman–Crippen LogP) is 4.09. The molecule has 0 aromatic heterocycles.